The summed E-state index contributed by atoms with van der Waals surface area (Å²) in [5, 5.41) is 3.07. The van der Waals surface area contributed by atoms with Crippen LogP contribution in [-0.2, 0) is 10.2 Å². The number of benzene rings is 1. The third kappa shape index (κ3) is 2.08. The maximum Gasteiger partial charge on any atom is 0.217 e. The summed E-state index contributed by atoms with van der Waals surface area (Å²) < 4.78 is 0. The van der Waals surface area contributed by atoms with Crippen molar-refractivity contribution < 1.29 is 4.79 Å². The summed E-state index contributed by atoms with van der Waals surface area (Å²) in [6.07, 6.45) is 3.09. The molecule has 0 unspecified atom stereocenters. The van der Waals surface area contributed by atoms with Gasteiger partial charge in [-0.2, -0.15) is 0 Å². The van der Waals surface area contributed by atoms with E-state index in [1.165, 1.54) is 10.5 Å². The third-order valence-electron chi connectivity index (χ3n) is 3.98. The Bertz CT molecular complexity index is 442. The summed E-state index contributed by atoms with van der Waals surface area (Å²) in [6, 6.07) is 8.66. The van der Waals surface area contributed by atoms with Crippen molar-refractivity contribution in [1.29, 1.82) is 0 Å². The average Bonchev–Trinajstić information content (AvgIpc) is 2.81. The quantitative estimate of drug-likeness (QED) is 0.834. The second-order valence-corrected chi connectivity index (χ2v) is 6.13. The van der Waals surface area contributed by atoms with Crippen LogP contribution in [0, 0.1) is 0 Å². The van der Waals surface area contributed by atoms with E-state index in [1.54, 1.807) is 18.7 Å². The van der Waals surface area contributed by atoms with Gasteiger partial charge in [0.15, 0.2) is 0 Å². The SMILES string of the molecule is CSc1ccc([C@@]2(C)C[C@]2(C)NC(C)=O)cc1. The molecule has 1 saturated carbocycles. The van der Waals surface area contributed by atoms with Gasteiger partial charge in [-0.3, -0.25) is 4.79 Å². The van der Waals surface area contributed by atoms with Crippen LogP contribution in [0.3, 0.4) is 0 Å². The fraction of sp³-hybridized carbons (Fsp3) is 0.500. The van der Waals surface area contributed by atoms with E-state index in [4.69, 9.17) is 0 Å². The van der Waals surface area contributed by atoms with Gasteiger partial charge in [0.25, 0.3) is 0 Å². The monoisotopic (exact) mass is 249 g/mol. The molecule has 0 heterocycles. The zero-order chi connectivity index (χ0) is 12.7. The Morgan fingerprint density at radius 3 is 2.35 bits per heavy atom. The largest absolute Gasteiger partial charge is 0.350 e. The molecule has 3 heteroatoms. The van der Waals surface area contributed by atoms with E-state index < -0.39 is 0 Å². The summed E-state index contributed by atoms with van der Waals surface area (Å²) >= 11 is 1.75. The molecule has 0 aromatic heterocycles. The molecule has 0 bridgehead atoms. The van der Waals surface area contributed by atoms with Crippen molar-refractivity contribution in [3.05, 3.63) is 29.8 Å². The third-order valence-corrected chi connectivity index (χ3v) is 4.72. The smallest absolute Gasteiger partial charge is 0.217 e. The highest BCUT2D eigenvalue weighted by atomic mass is 32.2. The number of carbonyl (C=O) groups is 1. The molecule has 0 saturated heterocycles. The summed E-state index contributed by atoms with van der Waals surface area (Å²) in [6.45, 7) is 5.93. The second kappa shape index (κ2) is 4.05. The fourth-order valence-electron chi connectivity index (χ4n) is 2.61. The number of carbonyl (C=O) groups excluding carboxylic acids is 1. The van der Waals surface area contributed by atoms with Crippen LogP contribution in [0.15, 0.2) is 29.2 Å². The van der Waals surface area contributed by atoms with Crippen molar-refractivity contribution in [3.63, 3.8) is 0 Å². The Balaban J connectivity index is 2.20. The molecule has 1 aromatic carbocycles. The minimum atomic E-state index is -0.0836. The minimum Gasteiger partial charge on any atom is -0.350 e. The molecule has 1 amide bonds. The van der Waals surface area contributed by atoms with Crippen LogP contribution in [0.5, 0.6) is 0 Å². The van der Waals surface area contributed by atoms with Gasteiger partial charge in [0.1, 0.15) is 0 Å². The number of hydrogen-bond donors (Lipinski definition) is 1. The normalized spacial score (nSPS) is 31.1. The molecule has 2 rings (SSSR count). The second-order valence-electron chi connectivity index (χ2n) is 5.25. The van der Waals surface area contributed by atoms with Crippen LogP contribution in [0.2, 0.25) is 0 Å². The summed E-state index contributed by atoms with van der Waals surface area (Å²) in [4.78, 5) is 12.5. The van der Waals surface area contributed by atoms with E-state index in [1.807, 2.05) is 0 Å². The van der Waals surface area contributed by atoms with Gasteiger partial charge < -0.3 is 5.32 Å². The number of nitrogens with one attached hydrogen (secondary N) is 1. The Labute approximate surface area is 107 Å². The molecule has 2 atom stereocenters. The summed E-state index contributed by atoms with van der Waals surface area (Å²) in [5.74, 6) is 0.0527. The molecule has 0 spiro atoms. The van der Waals surface area contributed by atoms with Crippen molar-refractivity contribution in [3.8, 4) is 0 Å². The number of thioether (sulfide) groups is 1. The van der Waals surface area contributed by atoms with Gasteiger partial charge in [0.2, 0.25) is 5.91 Å². The highest BCUT2D eigenvalue weighted by Gasteiger charge is 2.62. The number of amides is 1. The van der Waals surface area contributed by atoms with Crippen molar-refractivity contribution in [2.75, 3.05) is 6.26 Å². The molecule has 0 aliphatic heterocycles. The Morgan fingerprint density at radius 1 is 1.29 bits per heavy atom. The standard InChI is InChI=1S/C14H19NOS/c1-10(16)15-14(3)9-13(14,2)11-5-7-12(17-4)8-6-11/h5-8H,9H2,1-4H3,(H,15,16)/t13-,14+/m1/s1. The molecule has 1 fully saturated rings. The van der Waals surface area contributed by atoms with Crippen molar-refractivity contribution in [2.45, 2.75) is 43.0 Å². The van der Waals surface area contributed by atoms with Gasteiger partial charge in [0.05, 0.1) is 0 Å². The first-order chi connectivity index (χ1) is 7.91. The lowest BCUT2D eigenvalue weighted by molar-refractivity contribution is -0.119. The first-order valence-electron chi connectivity index (χ1n) is 5.84. The van der Waals surface area contributed by atoms with Crippen LogP contribution < -0.4 is 5.32 Å². The molecule has 92 valence electrons. The molecule has 17 heavy (non-hydrogen) atoms. The fourth-order valence-corrected chi connectivity index (χ4v) is 3.02. The highest BCUT2D eigenvalue weighted by molar-refractivity contribution is 7.98. The van der Waals surface area contributed by atoms with E-state index in [0.717, 1.165) is 6.42 Å². The maximum absolute atomic E-state index is 11.2. The number of rotatable bonds is 3. The van der Waals surface area contributed by atoms with Crippen LogP contribution in [-0.4, -0.2) is 17.7 Å². The molecule has 0 radical (unpaired) electrons. The molecule has 2 nitrogen and oxygen atoms in total. The maximum atomic E-state index is 11.2. The minimum absolute atomic E-state index is 0.0527. The lowest BCUT2D eigenvalue weighted by Gasteiger charge is -2.20. The lowest BCUT2D eigenvalue weighted by atomic mass is 9.93. The molecule has 1 aromatic rings. The van der Waals surface area contributed by atoms with Gasteiger partial charge in [0, 0.05) is 22.8 Å². The molecule has 1 aliphatic rings. The average molecular weight is 249 g/mol. The van der Waals surface area contributed by atoms with Crippen LogP contribution in [0.1, 0.15) is 32.8 Å². The molecule has 1 aliphatic carbocycles. The van der Waals surface area contributed by atoms with Gasteiger partial charge in [-0.1, -0.05) is 19.1 Å². The predicted octanol–water partition coefficient (Wildman–Crippen LogP) is 2.96. The predicted molar refractivity (Wildman–Crippen MR) is 72.4 cm³/mol. The van der Waals surface area contributed by atoms with Gasteiger partial charge in [-0.25, -0.2) is 0 Å². The Kier molecular flexibility index (Phi) is 2.98. The van der Waals surface area contributed by atoms with Crippen molar-refractivity contribution >= 4 is 17.7 Å². The Morgan fingerprint density at radius 2 is 1.88 bits per heavy atom. The first kappa shape index (κ1) is 12.5. The van der Waals surface area contributed by atoms with E-state index in [9.17, 15) is 4.79 Å². The summed E-state index contributed by atoms with van der Waals surface area (Å²) in [5.41, 5.74) is 1.31. The van der Waals surface area contributed by atoms with Crippen LogP contribution in [0.25, 0.3) is 0 Å². The summed E-state index contributed by atoms with van der Waals surface area (Å²) in [7, 11) is 0. The van der Waals surface area contributed by atoms with E-state index in [0.29, 0.717) is 0 Å². The zero-order valence-electron chi connectivity index (χ0n) is 10.8. The molecular weight excluding hydrogens is 230 g/mol. The van der Waals surface area contributed by atoms with E-state index in [-0.39, 0.29) is 16.9 Å². The van der Waals surface area contributed by atoms with Crippen LogP contribution in [0.4, 0.5) is 0 Å². The first-order valence-corrected chi connectivity index (χ1v) is 7.07. The molecule has 1 N–H and O–H groups in total. The zero-order valence-corrected chi connectivity index (χ0v) is 11.6. The van der Waals surface area contributed by atoms with E-state index >= 15 is 0 Å². The topological polar surface area (TPSA) is 29.1 Å². The number of hydrogen-bond acceptors (Lipinski definition) is 2. The lowest BCUT2D eigenvalue weighted by Crippen LogP contribution is -2.38. The highest BCUT2D eigenvalue weighted by Crippen LogP contribution is 2.57. The molecular formula is C14H19NOS. The Hall–Kier alpha value is -0.960. The van der Waals surface area contributed by atoms with Crippen molar-refractivity contribution in [1.82, 2.24) is 5.32 Å². The van der Waals surface area contributed by atoms with E-state index in [2.05, 4.69) is 49.7 Å². The van der Waals surface area contributed by atoms with Gasteiger partial charge in [-0.15, -0.1) is 11.8 Å². The van der Waals surface area contributed by atoms with Gasteiger partial charge in [-0.05, 0) is 37.3 Å². The van der Waals surface area contributed by atoms with Crippen molar-refractivity contribution in [2.24, 2.45) is 0 Å². The van der Waals surface area contributed by atoms with Gasteiger partial charge >= 0.3 is 0 Å². The van der Waals surface area contributed by atoms with Crippen LogP contribution >= 0.6 is 11.8 Å².